The maximum atomic E-state index is 14.6. The summed E-state index contributed by atoms with van der Waals surface area (Å²) in [6.07, 6.45) is 6.85. The van der Waals surface area contributed by atoms with Crippen LogP contribution in [0.4, 0.5) is 4.39 Å². The van der Waals surface area contributed by atoms with Crippen molar-refractivity contribution in [2.24, 2.45) is 5.92 Å². The number of hydroxylamine groups is 1. The molecule has 2 fully saturated rings. The number of nitrogens with one attached hydrogen (secondary N) is 1. The fourth-order valence-electron chi connectivity index (χ4n) is 5.59. The van der Waals surface area contributed by atoms with E-state index in [4.69, 9.17) is 5.21 Å². The van der Waals surface area contributed by atoms with Gasteiger partial charge in [0.15, 0.2) is 0 Å². The predicted octanol–water partition coefficient (Wildman–Crippen LogP) is 2.95. The highest BCUT2D eigenvalue weighted by Gasteiger charge is 2.39. The van der Waals surface area contributed by atoms with Crippen molar-refractivity contribution in [1.82, 2.24) is 15.3 Å². The van der Waals surface area contributed by atoms with E-state index in [9.17, 15) is 9.18 Å². The Hall–Kier alpha value is -1.50. The number of piperidine rings is 1. The molecule has 0 spiro atoms. The van der Waals surface area contributed by atoms with Gasteiger partial charge in [-0.15, -0.1) is 0 Å². The van der Waals surface area contributed by atoms with Gasteiger partial charge in [-0.2, -0.15) is 0 Å². The molecule has 4 atom stereocenters. The van der Waals surface area contributed by atoms with Crippen molar-refractivity contribution in [3.05, 3.63) is 34.6 Å². The molecule has 1 unspecified atom stereocenters. The van der Waals surface area contributed by atoms with Crippen LogP contribution in [-0.2, 0) is 13.0 Å². The summed E-state index contributed by atoms with van der Waals surface area (Å²) in [6.45, 7) is 3.91. The maximum Gasteiger partial charge on any atom is 0.274 e. The molecule has 6 heteroatoms. The van der Waals surface area contributed by atoms with Crippen LogP contribution in [0, 0.1) is 11.7 Å². The number of nitrogens with zero attached hydrogens (tertiary/aromatic N) is 2. The van der Waals surface area contributed by atoms with Gasteiger partial charge in [0.25, 0.3) is 5.91 Å². The van der Waals surface area contributed by atoms with E-state index in [1.165, 1.54) is 31.7 Å². The van der Waals surface area contributed by atoms with E-state index >= 15 is 0 Å². The molecule has 1 aromatic carbocycles. The van der Waals surface area contributed by atoms with Gasteiger partial charge in [-0.05, 0) is 74.8 Å². The molecular weight excluding hydrogens is 345 g/mol. The lowest BCUT2D eigenvalue weighted by atomic mass is 9.86. The molecule has 3 heterocycles. The first-order chi connectivity index (χ1) is 13.0. The third-order valence-corrected chi connectivity index (χ3v) is 7.14. The summed E-state index contributed by atoms with van der Waals surface area (Å²) in [6, 6.07) is 4.77. The van der Waals surface area contributed by atoms with E-state index in [1.807, 2.05) is 0 Å². The van der Waals surface area contributed by atoms with Crippen molar-refractivity contribution in [2.75, 3.05) is 13.6 Å². The summed E-state index contributed by atoms with van der Waals surface area (Å²) < 4.78 is 14.6. The number of fused-ring (bicyclic) bond motifs is 3. The van der Waals surface area contributed by atoms with Crippen molar-refractivity contribution in [3.8, 4) is 0 Å². The second-order valence-corrected chi connectivity index (χ2v) is 8.62. The van der Waals surface area contributed by atoms with Gasteiger partial charge in [0, 0.05) is 36.8 Å². The predicted molar refractivity (Wildman–Crippen MR) is 101 cm³/mol. The first kappa shape index (κ1) is 18.8. The van der Waals surface area contributed by atoms with Crippen molar-refractivity contribution in [3.63, 3.8) is 0 Å². The van der Waals surface area contributed by atoms with Gasteiger partial charge in [-0.1, -0.05) is 6.92 Å². The molecule has 1 aromatic rings. The van der Waals surface area contributed by atoms with E-state index in [1.54, 1.807) is 11.5 Å². The average Bonchev–Trinajstić information content (AvgIpc) is 2.87. The van der Waals surface area contributed by atoms with Crippen LogP contribution in [0.5, 0.6) is 0 Å². The zero-order chi connectivity index (χ0) is 19.1. The van der Waals surface area contributed by atoms with E-state index in [0.29, 0.717) is 24.9 Å². The molecule has 4 rings (SSSR count). The zero-order valence-electron chi connectivity index (χ0n) is 16.2. The van der Waals surface area contributed by atoms with Gasteiger partial charge >= 0.3 is 0 Å². The summed E-state index contributed by atoms with van der Waals surface area (Å²) in [5, 5.41) is 8.87. The topological polar surface area (TPSA) is 55.8 Å². The molecule has 2 saturated heterocycles. The van der Waals surface area contributed by atoms with Crippen LogP contribution in [0.3, 0.4) is 0 Å². The van der Waals surface area contributed by atoms with Crippen molar-refractivity contribution in [2.45, 2.75) is 70.1 Å². The molecule has 3 aliphatic rings. The Kier molecular flexibility index (Phi) is 5.23. The molecule has 0 aromatic heterocycles. The largest absolute Gasteiger partial charge is 0.300 e. The smallest absolute Gasteiger partial charge is 0.274 e. The van der Waals surface area contributed by atoms with E-state index in [-0.39, 0.29) is 11.4 Å². The minimum Gasteiger partial charge on any atom is -0.300 e. The highest BCUT2D eigenvalue weighted by Crippen LogP contribution is 2.39. The first-order valence-electron chi connectivity index (χ1n) is 10.2. The Balaban J connectivity index is 1.53. The summed E-state index contributed by atoms with van der Waals surface area (Å²) in [4.78, 5) is 16.8. The normalized spacial score (nSPS) is 31.0. The van der Waals surface area contributed by atoms with Crippen LogP contribution in [0.2, 0.25) is 0 Å². The van der Waals surface area contributed by atoms with E-state index in [0.717, 1.165) is 36.2 Å². The molecule has 3 aliphatic heterocycles. The number of hydrogen-bond donors (Lipinski definition) is 2. The molecule has 1 amide bonds. The van der Waals surface area contributed by atoms with Crippen LogP contribution in [-0.4, -0.2) is 52.6 Å². The fourth-order valence-corrected chi connectivity index (χ4v) is 5.59. The van der Waals surface area contributed by atoms with Gasteiger partial charge in [0.05, 0.1) is 0 Å². The summed E-state index contributed by atoms with van der Waals surface area (Å²) >= 11 is 0. The van der Waals surface area contributed by atoms with Crippen LogP contribution >= 0.6 is 0 Å². The Bertz CT molecular complexity index is 712. The lowest BCUT2D eigenvalue weighted by molar-refractivity contribution is 0.0702. The Morgan fingerprint density at radius 1 is 1.30 bits per heavy atom. The number of rotatable bonds is 4. The van der Waals surface area contributed by atoms with Crippen LogP contribution in [0.25, 0.3) is 0 Å². The van der Waals surface area contributed by atoms with Crippen molar-refractivity contribution >= 4 is 5.91 Å². The summed E-state index contributed by atoms with van der Waals surface area (Å²) in [5.74, 6) is -0.294. The second kappa shape index (κ2) is 7.49. The fraction of sp³-hybridized carbons (Fsp3) is 0.667. The Morgan fingerprint density at radius 2 is 2.00 bits per heavy atom. The number of carbonyl (C=O) groups excluding carboxylic acids is 1. The highest BCUT2D eigenvalue weighted by molar-refractivity contribution is 5.93. The number of amides is 1. The van der Waals surface area contributed by atoms with Gasteiger partial charge in [0.1, 0.15) is 5.82 Å². The highest BCUT2D eigenvalue weighted by atomic mass is 19.1. The Morgan fingerprint density at radius 3 is 2.63 bits per heavy atom. The van der Waals surface area contributed by atoms with E-state index < -0.39 is 5.91 Å². The van der Waals surface area contributed by atoms with Gasteiger partial charge in [-0.3, -0.25) is 14.9 Å². The minimum absolute atomic E-state index is 0.181. The molecule has 2 N–H and O–H groups in total. The van der Waals surface area contributed by atoms with Crippen molar-refractivity contribution in [1.29, 1.82) is 0 Å². The van der Waals surface area contributed by atoms with E-state index in [2.05, 4.69) is 23.8 Å². The lowest BCUT2D eigenvalue weighted by Gasteiger charge is -2.42. The standard InChI is InChI=1S/C21H30FN3O2/c1-3-16-10-19-15(8-14(9-20(19)22)21(26)23-27)12-25(16)11-13-6-17-4-5-18(7-13)24(17)2/h8-9,13,16-18,27H,3-7,10-12H2,1-2H3,(H,23,26)/t13?,16-,17-,18+/m0/s1. The molecule has 0 aliphatic carbocycles. The summed E-state index contributed by atoms with van der Waals surface area (Å²) in [5.41, 5.74) is 3.41. The summed E-state index contributed by atoms with van der Waals surface area (Å²) in [7, 11) is 2.26. The molecular formula is C21H30FN3O2. The molecule has 2 bridgehead atoms. The maximum absolute atomic E-state index is 14.6. The lowest BCUT2D eigenvalue weighted by Crippen LogP contribution is -2.47. The third kappa shape index (κ3) is 3.50. The van der Waals surface area contributed by atoms with Gasteiger partial charge < -0.3 is 4.90 Å². The van der Waals surface area contributed by atoms with Crippen LogP contribution in [0.1, 0.15) is 60.5 Å². The molecule has 0 radical (unpaired) electrons. The first-order valence-corrected chi connectivity index (χ1v) is 10.2. The minimum atomic E-state index is -0.659. The molecule has 5 nitrogen and oxygen atoms in total. The van der Waals surface area contributed by atoms with Gasteiger partial charge in [-0.25, -0.2) is 9.87 Å². The number of benzene rings is 1. The third-order valence-electron chi connectivity index (χ3n) is 7.14. The number of halogens is 1. The molecule has 27 heavy (non-hydrogen) atoms. The Labute approximate surface area is 160 Å². The zero-order valence-corrected chi connectivity index (χ0v) is 16.2. The SMILES string of the molecule is CC[C@H]1Cc2c(F)cc(C(=O)NO)cc2CN1CC1C[C@H]2CC[C@@H](C1)N2C. The average molecular weight is 375 g/mol. The van der Waals surface area contributed by atoms with Crippen molar-refractivity contribution < 1.29 is 14.4 Å². The number of carbonyl (C=O) groups is 1. The van der Waals surface area contributed by atoms with Crippen LogP contribution in [0.15, 0.2) is 12.1 Å². The quantitative estimate of drug-likeness (QED) is 0.628. The number of hydrogen-bond acceptors (Lipinski definition) is 4. The molecule has 148 valence electrons. The van der Waals surface area contributed by atoms with Crippen LogP contribution < -0.4 is 5.48 Å². The second-order valence-electron chi connectivity index (χ2n) is 8.62. The molecule has 0 saturated carbocycles. The van der Waals surface area contributed by atoms with Gasteiger partial charge in [0.2, 0.25) is 0 Å². The monoisotopic (exact) mass is 375 g/mol.